The molecule has 29 heavy (non-hydrogen) atoms. The van der Waals surface area contributed by atoms with Gasteiger partial charge in [-0.05, 0) is 49.4 Å². The molecule has 0 fully saturated rings. The lowest BCUT2D eigenvalue weighted by Crippen LogP contribution is -2.18. The predicted octanol–water partition coefficient (Wildman–Crippen LogP) is 5.27. The van der Waals surface area contributed by atoms with Crippen molar-refractivity contribution in [3.63, 3.8) is 0 Å². The van der Waals surface area contributed by atoms with E-state index < -0.39 is 0 Å². The number of aromatic nitrogens is 1. The third-order valence-electron chi connectivity index (χ3n) is 4.99. The van der Waals surface area contributed by atoms with Gasteiger partial charge in [0.05, 0.1) is 11.4 Å². The minimum absolute atomic E-state index is 0.150. The maximum Gasteiger partial charge on any atom is 0.255 e. The molecule has 1 aromatic heterocycles. The molecule has 3 N–H and O–H groups in total. The van der Waals surface area contributed by atoms with E-state index in [0.717, 1.165) is 40.2 Å². The molecule has 0 atom stereocenters. The van der Waals surface area contributed by atoms with Crippen molar-refractivity contribution in [2.75, 3.05) is 5.32 Å². The Kier molecular flexibility index (Phi) is 6.45. The first-order valence-electron chi connectivity index (χ1n) is 10.1. The number of benzene rings is 2. The Morgan fingerprint density at radius 1 is 1.03 bits per heavy atom. The van der Waals surface area contributed by atoms with Crippen LogP contribution in [0.15, 0.2) is 54.6 Å². The molecule has 0 saturated heterocycles. The number of hydrogen-bond acceptors (Lipinski definition) is 3. The topological polar surface area (TPSA) is 68.0 Å². The molecule has 4 nitrogen and oxygen atoms in total. The Bertz CT molecular complexity index is 993. The molecule has 0 spiro atoms. The largest absolute Gasteiger partial charge is 0.326 e. The van der Waals surface area contributed by atoms with E-state index in [-0.39, 0.29) is 5.91 Å². The van der Waals surface area contributed by atoms with Gasteiger partial charge >= 0.3 is 0 Å². The van der Waals surface area contributed by atoms with Crippen LogP contribution in [0.2, 0.25) is 0 Å². The molecule has 0 bridgehead atoms. The van der Waals surface area contributed by atoms with Crippen LogP contribution in [0.4, 0.5) is 5.69 Å². The smallest absolute Gasteiger partial charge is 0.255 e. The van der Waals surface area contributed by atoms with Gasteiger partial charge in [0.15, 0.2) is 0 Å². The maximum atomic E-state index is 12.9. The number of anilines is 1. The van der Waals surface area contributed by atoms with E-state index in [1.54, 1.807) is 12.1 Å². The van der Waals surface area contributed by atoms with Crippen LogP contribution >= 0.6 is 0 Å². The van der Waals surface area contributed by atoms with Gasteiger partial charge in [-0.2, -0.15) is 0 Å². The Hall–Kier alpha value is -2.98. The quantitative estimate of drug-likeness (QED) is 0.605. The van der Waals surface area contributed by atoms with Crippen LogP contribution in [0.3, 0.4) is 0 Å². The van der Waals surface area contributed by atoms with Crippen molar-refractivity contribution in [2.24, 2.45) is 11.7 Å². The van der Waals surface area contributed by atoms with Gasteiger partial charge in [-0.15, -0.1) is 0 Å². The van der Waals surface area contributed by atoms with Gasteiger partial charge in [0.1, 0.15) is 0 Å². The Balaban J connectivity index is 2.18. The van der Waals surface area contributed by atoms with E-state index in [1.165, 1.54) is 5.56 Å². The predicted molar refractivity (Wildman–Crippen MR) is 120 cm³/mol. The van der Waals surface area contributed by atoms with E-state index in [4.69, 9.17) is 10.7 Å². The SMILES string of the molecule is Cc1ccc(-c2c(CN)c(CC(C)C)nc(C)c2NC(=O)c2ccccc2)cc1. The highest BCUT2D eigenvalue weighted by atomic mass is 16.1. The third-order valence-corrected chi connectivity index (χ3v) is 4.99. The zero-order valence-corrected chi connectivity index (χ0v) is 17.6. The van der Waals surface area contributed by atoms with Gasteiger partial charge in [-0.3, -0.25) is 9.78 Å². The van der Waals surface area contributed by atoms with E-state index in [2.05, 4.69) is 50.4 Å². The van der Waals surface area contributed by atoms with Crippen LogP contribution in [-0.4, -0.2) is 10.9 Å². The molecule has 0 aliphatic heterocycles. The number of carbonyl (C=O) groups excluding carboxylic acids is 1. The number of carbonyl (C=O) groups is 1. The Morgan fingerprint density at radius 3 is 2.28 bits per heavy atom. The molecule has 0 unspecified atom stereocenters. The molecule has 0 radical (unpaired) electrons. The van der Waals surface area contributed by atoms with Crippen LogP contribution in [-0.2, 0) is 13.0 Å². The van der Waals surface area contributed by atoms with Crippen LogP contribution in [0.1, 0.15) is 46.7 Å². The molecule has 1 heterocycles. The van der Waals surface area contributed by atoms with Gasteiger partial charge in [0.25, 0.3) is 5.91 Å². The van der Waals surface area contributed by atoms with E-state index in [1.807, 2.05) is 25.1 Å². The first kappa shape index (κ1) is 20.7. The summed E-state index contributed by atoms with van der Waals surface area (Å²) in [7, 11) is 0. The van der Waals surface area contributed by atoms with Crippen LogP contribution in [0, 0.1) is 19.8 Å². The minimum Gasteiger partial charge on any atom is -0.326 e. The van der Waals surface area contributed by atoms with Crippen molar-refractivity contribution in [1.29, 1.82) is 0 Å². The average molecular weight is 388 g/mol. The lowest BCUT2D eigenvalue weighted by Gasteiger charge is -2.21. The number of aryl methyl sites for hydroxylation is 2. The fraction of sp³-hybridized carbons (Fsp3) is 0.280. The first-order chi connectivity index (χ1) is 13.9. The average Bonchev–Trinajstić information content (AvgIpc) is 2.70. The molecule has 3 aromatic rings. The monoisotopic (exact) mass is 387 g/mol. The maximum absolute atomic E-state index is 12.9. The number of pyridine rings is 1. The highest BCUT2D eigenvalue weighted by molar-refractivity contribution is 6.07. The lowest BCUT2D eigenvalue weighted by molar-refractivity contribution is 0.102. The minimum atomic E-state index is -0.150. The number of nitrogens with one attached hydrogen (secondary N) is 1. The standard InChI is InChI=1S/C25H29N3O/c1-16(2)14-22-21(15-26)23(19-12-10-17(3)11-13-19)24(18(4)27-22)28-25(29)20-8-6-5-7-9-20/h5-13,16H,14-15,26H2,1-4H3,(H,28,29). The summed E-state index contributed by atoms with van der Waals surface area (Å²) in [6.07, 6.45) is 0.846. The van der Waals surface area contributed by atoms with Crippen molar-refractivity contribution >= 4 is 11.6 Å². The van der Waals surface area contributed by atoms with Crippen LogP contribution in [0.25, 0.3) is 11.1 Å². The molecule has 3 rings (SSSR count). The third kappa shape index (κ3) is 4.72. The van der Waals surface area contributed by atoms with Crippen molar-refractivity contribution in [3.05, 3.63) is 82.7 Å². The van der Waals surface area contributed by atoms with Gasteiger partial charge in [-0.25, -0.2) is 0 Å². The van der Waals surface area contributed by atoms with E-state index in [0.29, 0.717) is 18.0 Å². The molecular weight excluding hydrogens is 358 g/mol. The fourth-order valence-corrected chi connectivity index (χ4v) is 3.54. The summed E-state index contributed by atoms with van der Waals surface area (Å²) in [5.41, 5.74) is 13.6. The summed E-state index contributed by atoms with van der Waals surface area (Å²) in [5.74, 6) is 0.311. The van der Waals surface area contributed by atoms with Crippen molar-refractivity contribution < 1.29 is 4.79 Å². The summed E-state index contributed by atoms with van der Waals surface area (Å²) in [6, 6.07) is 17.6. The molecule has 0 saturated carbocycles. The fourth-order valence-electron chi connectivity index (χ4n) is 3.54. The molecule has 0 aliphatic rings. The number of hydrogen-bond donors (Lipinski definition) is 2. The normalized spacial score (nSPS) is 11.0. The second-order valence-electron chi connectivity index (χ2n) is 7.86. The van der Waals surface area contributed by atoms with Crippen LogP contribution < -0.4 is 11.1 Å². The molecule has 4 heteroatoms. The summed E-state index contributed by atoms with van der Waals surface area (Å²) in [5, 5.41) is 3.11. The van der Waals surface area contributed by atoms with Crippen LogP contribution in [0.5, 0.6) is 0 Å². The number of rotatable bonds is 6. The molecule has 1 amide bonds. The highest BCUT2D eigenvalue weighted by Gasteiger charge is 2.21. The summed E-state index contributed by atoms with van der Waals surface area (Å²) >= 11 is 0. The highest BCUT2D eigenvalue weighted by Crippen LogP contribution is 2.36. The number of amides is 1. The summed E-state index contributed by atoms with van der Waals surface area (Å²) < 4.78 is 0. The Labute approximate surface area is 173 Å². The van der Waals surface area contributed by atoms with Crippen molar-refractivity contribution in [1.82, 2.24) is 4.98 Å². The first-order valence-corrected chi connectivity index (χ1v) is 10.1. The van der Waals surface area contributed by atoms with Gasteiger partial charge in [-0.1, -0.05) is 61.9 Å². The molecule has 2 aromatic carbocycles. The Morgan fingerprint density at radius 2 is 1.69 bits per heavy atom. The zero-order valence-electron chi connectivity index (χ0n) is 17.6. The lowest BCUT2D eigenvalue weighted by atomic mass is 9.92. The molecule has 150 valence electrons. The van der Waals surface area contributed by atoms with Gasteiger partial charge in [0, 0.05) is 23.4 Å². The molecule has 0 aliphatic carbocycles. The second kappa shape index (κ2) is 9.01. The van der Waals surface area contributed by atoms with E-state index >= 15 is 0 Å². The number of nitrogens with two attached hydrogens (primary N) is 1. The van der Waals surface area contributed by atoms with Gasteiger partial charge < -0.3 is 11.1 Å². The van der Waals surface area contributed by atoms with Gasteiger partial charge in [0.2, 0.25) is 0 Å². The number of nitrogens with zero attached hydrogens (tertiary/aromatic N) is 1. The summed E-state index contributed by atoms with van der Waals surface area (Å²) in [4.78, 5) is 17.7. The zero-order chi connectivity index (χ0) is 21.0. The van der Waals surface area contributed by atoms with E-state index in [9.17, 15) is 4.79 Å². The molecular formula is C25H29N3O. The van der Waals surface area contributed by atoms with Crippen molar-refractivity contribution in [2.45, 2.75) is 40.7 Å². The van der Waals surface area contributed by atoms with Crippen molar-refractivity contribution in [3.8, 4) is 11.1 Å². The second-order valence-corrected chi connectivity index (χ2v) is 7.86. The summed E-state index contributed by atoms with van der Waals surface area (Å²) in [6.45, 7) is 8.73.